The molecule has 0 fully saturated rings. The van der Waals surface area contributed by atoms with E-state index in [1.54, 1.807) is 38.5 Å². The van der Waals surface area contributed by atoms with Crippen LogP contribution in [0, 0.1) is 0 Å². The third-order valence-corrected chi connectivity index (χ3v) is 20.9. The Labute approximate surface area is 562 Å². The number of rotatable bonds is 40. The van der Waals surface area contributed by atoms with Gasteiger partial charge in [-0.25, -0.2) is 8.42 Å². The maximum absolute atomic E-state index is 14.9. The van der Waals surface area contributed by atoms with Gasteiger partial charge in [-0.3, -0.25) is 0 Å². The molecule has 0 unspecified atom stereocenters. The highest BCUT2D eigenvalue weighted by Crippen LogP contribution is 2.40. The number of hydrogen-bond donors (Lipinski definition) is 0. The molecule has 14 nitrogen and oxygen atoms in total. The molecule has 0 saturated carbocycles. The van der Waals surface area contributed by atoms with Gasteiger partial charge in [-0.2, -0.15) is 35.5 Å². The average molecular weight is 1340 g/mol. The lowest BCUT2D eigenvalue weighted by atomic mass is 9.78. The van der Waals surface area contributed by atoms with E-state index >= 15 is 0 Å². The fraction of sp³-hybridized carbons (Fsp3) is 0.526. The van der Waals surface area contributed by atoms with E-state index in [1.165, 1.54) is 111 Å². The van der Waals surface area contributed by atoms with Crippen LogP contribution in [-0.4, -0.2) is 75.8 Å². The molecule has 0 atom stereocenters. The first-order chi connectivity index (χ1) is 44.5. The van der Waals surface area contributed by atoms with Gasteiger partial charge in [-0.15, -0.1) is 0 Å². The van der Waals surface area contributed by atoms with Crippen LogP contribution in [0.4, 0.5) is 0 Å². The highest BCUT2D eigenvalue weighted by molar-refractivity contribution is 7.91. The Balaban J connectivity index is 0.00000102. The Hall–Kier alpha value is -5.79. The molecule has 0 aromatic heterocycles. The van der Waals surface area contributed by atoms with Crippen molar-refractivity contribution in [3.8, 4) is 34.5 Å². The van der Waals surface area contributed by atoms with Crippen LogP contribution in [0.5, 0.6) is 34.5 Å². The highest BCUT2D eigenvalue weighted by Gasteiger charge is 2.33. The number of unbranched alkanes of at least 4 members (excludes halogenated alkanes) is 14. The van der Waals surface area contributed by atoms with E-state index in [9.17, 15) is 25.3 Å². The van der Waals surface area contributed by atoms with Crippen molar-refractivity contribution in [3.63, 3.8) is 0 Å². The van der Waals surface area contributed by atoms with Crippen LogP contribution in [0.3, 0.4) is 0 Å². The predicted octanol–water partition coefficient (Wildman–Crippen LogP) is 20.6. The molecule has 0 aliphatic heterocycles. The largest absolute Gasteiger partial charge is 0.497 e. The molecule has 6 aromatic carbocycles. The molecule has 0 saturated heterocycles. The van der Waals surface area contributed by atoms with Crippen molar-refractivity contribution in [1.82, 2.24) is 10.1 Å². The molecule has 6 rings (SSSR count). The van der Waals surface area contributed by atoms with Gasteiger partial charge in [-0.1, -0.05) is 234 Å². The number of ether oxygens (including phenoxy) is 4. The Bertz CT molecular complexity index is 3180. The third-order valence-electron chi connectivity index (χ3n) is 16.6. The predicted molar refractivity (Wildman–Crippen MR) is 379 cm³/mol. The molecule has 0 bridgehead atoms. The fourth-order valence-electron chi connectivity index (χ4n) is 10.3. The molecule has 516 valence electrons. The summed E-state index contributed by atoms with van der Waals surface area (Å²) in [5, 5.41) is 2.75. The quantitative estimate of drug-likeness (QED) is 0.0264. The second-order valence-corrected chi connectivity index (χ2v) is 29.8. The van der Waals surface area contributed by atoms with Gasteiger partial charge in [0.25, 0.3) is 0 Å². The van der Waals surface area contributed by atoms with Crippen molar-refractivity contribution in [2.75, 3.05) is 40.4 Å². The molecule has 6 aromatic rings. The van der Waals surface area contributed by atoms with Crippen LogP contribution in [-0.2, 0) is 49.5 Å². The zero-order valence-electron chi connectivity index (χ0n) is 58.7. The molecular weight excluding hydrogens is 1230 g/mol. The molecule has 17 heteroatoms. The first kappa shape index (κ1) is 79.6. The molecule has 0 aliphatic carbocycles. The minimum absolute atomic E-state index is 0.185. The van der Waals surface area contributed by atoms with Gasteiger partial charge < -0.3 is 18.9 Å². The summed E-state index contributed by atoms with van der Waals surface area (Å²) in [6.45, 7) is 26.5. The molecule has 0 spiro atoms. The summed E-state index contributed by atoms with van der Waals surface area (Å²) in [5.41, 5.74) is 3.14. The molecule has 0 heterocycles. The smallest absolute Gasteiger partial charge is 0.316 e. The second kappa shape index (κ2) is 40.6. The van der Waals surface area contributed by atoms with Crippen molar-refractivity contribution in [3.05, 3.63) is 156 Å². The fourth-order valence-corrected chi connectivity index (χ4v) is 14.0. The monoisotopic (exact) mass is 1340 g/mol. The highest BCUT2D eigenvalue weighted by atomic mass is 32.2. The topological polar surface area (TPSA) is 164 Å². The van der Waals surface area contributed by atoms with Gasteiger partial charge in [0, 0.05) is 37.0 Å². The molecule has 93 heavy (non-hydrogen) atoms. The van der Waals surface area contributed by atoms with E-state index < -0.39 is 60.5 Å². The van der Waals surface area contributed by atoms with Gasteiger partial charge >= 0.3 is 20.2 Å². The van der Waals surface area contributed by atoms with Crippen LogP contribution in [0.15, 0.2) is 153 Å². The van der Waals surface area contributed by atoms with Crippen LogP contribution in [0.2, 0.25) is 0 Å². The van der Waals surface area contributed by atoms with Gasteiger partial charge in [0.15, 0.2) is 0 Å². The minimum Gasteiger partial charge on any atom is -0.497 e. The zero-order valence-corrected chi connectivity index (χ0v) is 61.1. The number of sulfone groups is 1. The lowest BCUT2D eigenvalue weighted by Crippen LogP contribution is -2.30. The summed E-state index contributed by atoms with van der Waals surface area (Å²) in [5.74, 6) is 1.68. The molecule has 0 radical (unpaired) electrons. The van der Waals surface area contributed by atoms with Crippen LogP contribution < -0.4 is 18.9 Å². The summed E-state index contributed by atoms with van der Waals surface area (Å²) in [6, 6.07) is 36.9. The van der Waals surface area contributed by atoms with E-state index in [0.717, 1.165) is 71.6 Å². The van der Waals surface area contributed by atoms with E-state index in [0.29, 0.717) is 51.9 Å². The summed E-state index contributed by atoms with van der Waals surface area (Å²) in [4.78, 5) is -2.01. The second-order valence-electron chi connectivity index (χ2n) is 24.8. The lowest BCUT2D eigenvalue weighted by Gasteiger charge is -2.26. The SMILES string of the molecule is CCCCCCCC.CCCCCCCC.CCCCN(CCCC)OS(=O)(=O)c1cc(S(=O)(=O)c2ccc(Oc3ccc(C(C)(C)c4ccc(OC)cc4)cc3)c(S(=O)(=O)ON(CCCC)CCCC)c2)ccc1Oc1ccc(C(C)(C)c2ccc(OC)cc2)cc1. The van der Waals surface area contributed by atoms with Crippen molar-refractivity contribution < 1.29 is 52.8 Å². The van der Waals surface area contributed by atoms with Crippen LogP contribution in [0.25, 0.3) is 0 Å². The van der Waals surface area contributed by atoms with Crippen molar-refractivity contribution in [2.45, 2.75) is 242 Å². The molecule has 0 N–H and O–H groups in total. The standard InChI is InChI=1S/C60H76N2O12S3.2C8H18/c1-11-15-39-61(40-16-12-2)73-76(65,66)57-43-53(35-37-55(57)71-51-31-23-47(24-32-51)59(5,6)45-19-27-49(69-9)28-20-45)75(63,64)54-36-38-56(58(44-54)77(67,68)74-62(41-17-13-3)42-18-14-4)72-52-33-25-48(26-34-52)60(7,8)46-21-29-50(70-10)30-22-46;2*1-3-5-7-8-6-4-2/h19-38,43-44H,11-18,39-42H2,1-10H3;2*3-8H2,1-2H3. The maximum atomic E-state index is 14.9. The first-order valence-electron chi connectivity index (χ1n) is 34.2. The summed E-state index contributed by atoms with van der Waals surface area (Å²) >= 11 is 0. The Morgan fingerprint density at radius 3 is 0.806 bits per heavy atom. The number of hydrogen-bond acceptors (Lipinski definition) is 14. The normalized spacial score (nSPS) is 12.0. The summed E-state index contributed by atoms with van der Waals surface area (Å²) in [6.07, 6.45) is 22.7. The van der Waals surface area contributed by atoms with Gasteiger partial charge in [-0.05, 0) is 133 Å². The van der Waals surface area contributed by atoms with Crippen LogP contribution >= 0.6 is 0 Å². The number of methoxy groups -OCH3 is 2. The van der Waals surface area contributed by atoms with Crippen molar-refractivity contribution >= 4 is 30.1 Å². The average Bonchev–Trinajstić information content (AvgIpc) is 0.789. The number of benzene rings is 6. The van der Waals surface area contributed by atoms with E-state index in [1.807, 2.05) is 100 Å². The summed E-state index contributed by atoms with van der Waals surface area (Å²) < 4.78 is 123. The molecule has 0 aliphatic rings. The van der Waals surface area contributed by atoms with Gasteiger partial charge in [0.1, 0.15) is 44.3 Å². The van der Waals surface area contributed by atoms with Gasteiger partial charge in [0.2, 0.25) is 9.84 Å². The van der Waals surface area contributed by atoms with E-state index in [4.69, 9.17) is 27.5 Å². The third kappa shape index (κ3) is 25.1. The molecule has 0 amide bonds. The van der Waals surface area contributed by atoms with Crippen molar-refractivity contribution in [2.24, 2.45) is 0 Å². The number of nitrogens with zero attached hydrogens (tertiary/aromatic N) is 2. The lowest BCUT2D eigenvalue weighted by molar-refractivity contribution is -0.0535. The van der Waals surface area contributed by atoms with E-state index in [-0.39, 0.29) is 23.0 Å². The number of hydroxylamine groups is 4. The first-order valence-corrected chi connectivity index (χ1v) is 38.5. The molecular formula is C76H112N2O12S3. The van der Waals surface area contributed by atoms with Gasteiger partial charge in [0.05, 0.1) is 24.0 Å². The minimum atomic E-state index is -4.76. The Kier molecular flexibility index (Phi) is 34.7. The van der Waals surface area contributed by atoms with Crippen molar-refractivity contribution in [1.29, 1.82) is 0 Å². The maximum Gasteiger partial charge on any atom is 0.316 e. The zero-order chi connectivity index (χ0) is 68.5. The van der Waals surface area contributed by atoms with E-state index in [2.05, 4.69) is 55.4 Å². The summed E-state index contributed by atoms with van der Waals surface area (Å²) in [7, 11) is -11.0. The Morgan fingerprint density at radius 1 is 0.323 bits per heavy atom. The van der Waals surface area contributed by atoms with Crippen LogP contribution in [0.1, 0.15) is 234 Å². The Morgan fingerprint density at radius 2 is 0.570 bits per heavy atom.